The lowest BCUT2D eigenvalue weighted by atomic mass is 10.3. The molecule has 0 aliphatic heterocycles. The van der Waals surface area contributed by atoms with Gasteiger partial charge in [0.1, 0.15) is 12.0 Å². The summed E-state index contributed by atoms with van der Waals surface area (Å²) in [6.45, 7) is 0. The molecule has 0 aromatic carbocycles. The SMILES string of the molecule is O=C(c1cccc(=O)n1O)n1ccnc1. The maximum absolute atomic E-state index is 11.7. The van der Waals surface area contributed by atoms with Crippen molar-refractivity contribution in [2.24, 2.45) is 0 Å². The Morgan fingerprint density at radius 2 is 2.20 bits per heavy atom. The van der Waals surface area contributed by atoms with Crippen LogP contribution in [0.15, 0.2) is 41.7 Å². The predicted octanol–water partition coefficient (Wildman–Crippen LogP) is -0.0294. The Labute approximate surface area is 84.0 Å². The van der Waals surface area contributed by atoms with Gasteiger partial charge in [-0.2, -0.15) is 0 Å². The van der Waals surface area contributed by atoms with Crippen molar-refractivity contribution in [2.45, 2.75) is 0 Å². The van der Waals surface area contributed by atoms with Gasteiger partial charge in [0.15, 0.2) is 0 Å². The summed E-state index contributed by atoms with van der Waals surface area (Å²) in [6.07, 6.45) is 4.15. The Balaban J connectivity index is 2.52. The summed E-state index contributed by atoms with van der Waals surface area (Å²) in [4.78, 5) is 26.4. The Hall–Kier alpha value is -2.37. The monoisotopic (exact) mass is 205 g/mol. The van der Waals surface area contributed by atoms with E-state index in [-0.39, 0.29) is 5.69 Å². The zero-order valence-electron chi connectivity index (χ0n) is 7.57. The van der Waals surface area contributed by atoms with Gasteiger partial charge in [0, 0.05) is 18.5 Å². The summed E-state index contributed by atoms with van der Waals surface area (Å²) >= 11 is 0. The average molecular weight is 205 g/mol. The molecule has 6 heteroatoms. The fourth-order valence-electron chi connectivity index (χ4n) is 1.15. The molecule has 15 heavy (non-hydrogen) atoms. The van der Waals surface area contributed by atoms with Crippen LogP contribution in [0.2, 0.25) is 0 Å². The minimum absolute atomic E-state index is 0.111. The van der Waals surface area contributed by atoms with Crippen LogP contribution in [0.1, 0.15) is 10.5 Å². The predicted molar refractivity (Wildman–Crippen MR) is 49.8 cm³/mol. The van der Waals surface area contributed by atoms with E-state index >= 15 is 0 Å². The summed E-state index contributed by atoms with van der Waals surface area (Å²) in [7, 11) is 0. The first-order valence-electron chi connectivity index (χ1n) is 4.14. The van der Waals surface area contributed by atoms with Crippen LogP contribution >= 0.6 is 0 Å². The van der Waals surface area contributed by atoms with Gasteiger partial charge in [-0.05, 0) is 6.07 Å². The molecule has 0 aliphatic rings. The molecule has 1 N–H and O–H groups in total. The molecule has 0 atom stereocenters. The van der Waals surface area contributed by atoms with Crippen molar-refractivity contribution in [2.75, 3.05) is 0 Å². The van der Waals surface area contributed by atoms with Crippen molar-refractivity contribution in [3.63, 3.8) is 0 Å². The van der Waals surface area contributed by atoms with E-state index in [0.29, 0.717) is 4.73 Å². The molecule has 2 aromatic heterocycles. The summed E-state index contributed by atoms with van der Waals surface area (Å²) in [5.74, 6) is -0.521. The van der Waals surface area contributed by atoms with E-state index in [2.05, 4.69) is 4.98 Å². The zero-order chi connectivity index (χ0) is 10.8. The van der Waals surface area contributed by atoms with E-state index in [1.54, 1.807) is 0 Å². The first kappa shape index (κ1) is 9.20. The third kappa shape index (κ3) is 1.52. The Morgan fingerprint density at radius 1 is 1.40 bits per heavy atom. The van der Waals surface area contributed by atoms with E-state index < -0.39 is 11.5 Å². The van der Waals surface area contributed by atoms with Gasteiger partial charge in [0.2, 0.25) is 0 Å². The van der Waals surface area contributed by atoms with Crippen LogP contribution in [-0.2, 0) is 0 Å². The second-order valence-corrected chi connectivity index (χ2v) is 2.84. The van der Waals surface area contributed by atoms with Gasteiger partial charge in [0.05, 0.1) is 0 Å². The van der Waals surface area contributed by atoms with Crippen LogP contribution in [0.5, 0.6) is 0 Å². The van der Waals surface area contributed by atoms with E-state index in [4.69, 9.17) is 0 Å². The molecule has 0 aliphatic carbocycles. The molecule has 0 fully saturated rings. The Bertz CT molecular complexity index is 542. The third-order valence-corrected chi connectivity index (χ3v) is 1.89. The molecule has 0 radical (unpaired) electrons. The van der Waals surface area contributed by atoms with Crippen LogP contribution in [0.3, 0.4) is 0 Å². The number of hydrogen-bond donors (Lipinski definition) is 1. The molecule has 0 spiro atoms. The number of pyridine rings is 1. The molecule has 0 bridgehead atoms. The topological polar surface area (TPSA) is 77.1 Å². The lowest BCUT2D eigenvalue weighted by Crippen LogP contribution is -2.25. The summed E-state index contributed by atoms with van der Waals surface area (Å²) in [6, 6.07) is 3.91. The van der Waals surface area contributed by atoms with Crippen LogP contribution in [0.25, 0.3) is 0 Å². The normalized spacial score (nSPS) is 10.1. The summed E-state index contributed by atoms with van der Waals surface area (Å²) in [5, 5.41) is 9.32. The van der Waals surface area contributed by atoms with E-state index in [0.717, 1.165) is 6.07 Å². The first-order chi connectivity index (χ1) is 7.20. The van der Waals surface area contributed by atoms with Gasteiger partial charge in [-0.25, -0.2) is 4.98 Å². The minimum Gasteiger partial charge on any atom is -0.425 e. The molecule has 2 rings (SSSR count). The fourth-order valence-corrected chi connectivity index (χ4v) is 1.15. The average Bonchev–Trinajstić information content (AvgIpc) is 2.74. The maximum Gasteiger partial charge on any atom is 0.283 e. The second kappa shape index (κ2) is 3.41. The molecule has 2 heterocycles. The van der Waals surface area contributed by atoms with E-state index in [1.807, 2.05) is 0 Å². The van der Waals surface area contributed by atoms with Gasteiger partial charge in [0.25, 0.3) is 11.5 Å². The van der Waals surface area contributed by atoms with Crippen molar-refractivity contribution in [1.82, 2.24) is 14.3 Å². The highest BCUT2D eigenvalue weighted by Gasteiger charge is 2.12. The number of imidazole rings is 1. The number of hydrogen-bond acceptors (Lipinski definition) is 4. The number of nitrogens with zero attached hydrogens (tertiary/aromatic N) is 3. The molecule has 2 aromatic rings. The van der Waals surface area contributed by atoms with Gasteiger partial charge < -0.3 is 5.21 Å². The minimum atomic E-state index is -0.652. The number of carbonyl (C=O) groups is 1. The van der Waals surface area contributed by atoms with E-state index in [1.165, 1.54) is 35.4 Å². The third-order valence-electron chi connectivity index (χ3n) is 1.89. The highest BCUT2D eigenvalue weighted by Crippen LogP contribution is 1.98. The van der Waals surface area contributed by atoms with Crippen LogP contribution in [-0.4, -0.2) is 25.4 Å². The maximum atomic E-state index is 11.7. The zero-order valence-corrected chi connectivity index (χ0v) is 7.57. The molecule has 0 saturated heterocycles. The number of rotatable bonds is 1. The largest absolute Gasteiger partial charge is 0.425 e. The molecular weight excluding hydrogens is 198 g/mol. The van der Waals surface area contributed by atoms with E-state index in [9.17, 15) is 14.8 Å². The number of carbonyl (C=O) groups excluding carboxylic acids is 1. The summed E-state index contributed by atoms with van der Waals surface area (Å²) in [5.41, 5.74) is -0.763. The highest BCUT2D eigenvalue weighted by molar-refractivity contribution is 5.94. The lowest BCUT2D eigenvalue weighted by Gasteiger charge is -2.04. The van der Waals surface area contributed by atoms with Crippen molar-refractivity contribution in [3.8, 4) is 0 Å². The standard InChI is InChI=1S/C9H7N3O3/c13-8-3-1-2-7(12(8)15)9(14)11-5-4-10-6-11/h1-6,15H. The van der Waals surface area contributed by atoms with Crippen LogP contribution < -0.4 is 5.56 Å². The Morgan fingerprint density at radius 3 is 2.87 bits per heavy atom. The van der Waals surface area contributed by atoms with Crippen molar-refractivity contribution in [3.05, 3.63) is 53.0 Å². The molecule has 0 saturated carbocycles. The van der Waals surface area contributed by atoms with Crippen molar-refractivity contribution < 1.29 is 10.0 Å². The van der Waals surface area contributed by atoms with Crippen molar-refractivity contribution >= 4 is 5.91 Å². The lowest BCUT2D eigenvalue weighted by molar-refractivity contribution is 0.0898. The Kier molecular flexibility index (Phi) is 2.09. The molecule has 0 amide bonds. The van der Waals surface area contributed by atoms with Gasteiger partial charge >= 0.3 is 0 Å². The molecule has 76 valence electrons. The molecule has 0 unspecified atom stereocenters. The fraction of sp³-hybridized carbons (Fsp3) is 0. The van der Waals surface area contributed by atoms with Crippen molar-refractivity contribution in [1.29, 1.82) is 0 Å². The summed E-state index contributed by atoms with van der Waals surface area (Å²) < 4.78 is 1.48. The second-order valence-electron chi connectivity index (χ2n) is 2.84. The van der Waals surface area contributed by atoms with Gasteiger partial charge in [-0.1, -0.05) is 6.07 Å². The first-order valence-corrected chi connectivity index (χ1v) is 4.14. The quantitative estimate of drug-likeness (QED) is 0.663. The number of aromatic nitrogens is 3. The smallest absolute Gasteiger partial charge is 0.283 e. The van der Waals surface area contributed by atoms with Gasteiger partial charge in [-0.3, -0.25) is 14.2 Å². The van der Waals surface area contributed by atoms with Crippen LogP contribution in [0, 0.1) is 0 Å². The highest BCUT2D eigenvalue weighted by atomic mass is 16.5. The van der Waals surface area contributed by atoms with Gasteiger partial charge in [-0.15, -0.1) is 4.73 Å². The molecular formula is C9H7N3O3. The molecule has 6 nitrogen and oxygen atoms in total. The van der Waals surface area contributed by atoms with Crippen LogP contribution in [0.4, 0.5) is 0 Å².